The van der Waals surface area contributed by atoms with E-state index >= 15 is 0 Å². The molecule has 3 aliphatic carbocycles. The second kappa shape index (κ2) is 12.9. The van der Waals surface area contributed by atoms with Crippen molar-refractivity contribution in [1.82, 2.24) is 15.5 Å². The first-order chi connectivity index (χ1) is 21.1. The number of urea groups is 1. The van der Waals surface area contributed by atoms with Crippen LogP contribution < -0.4 is 16.4 Å². The van der Waals surface area contributed by atoms with E-state index in [9.17, 15) is 28.8 Å². The van der Waals surface area contributed by atoms with Gasteiger partial charge in [0, 0.05) is 18.9 Å². The lowest BCUT2D eigenvalue weighted by Crippen LogP contribution is -2.60. The number of rotatable bonds is 14. The molecule has 0 bridgehead atoms. The van der Waals surface area contributed by atoms with Crippen LogP contribution in [0.5, 0.6) is 0 Å². The smallest absolute Gasteiger partial charge is 0.328 e. The van der Waals surface area contributed by atoms with Crippen LogP contribution in [0.1, 0.15) is 107 Å². The highest BCUT2D eigenvalue weighted by Crippen LogP contribution is 2.65. The third kappa shape index (κ3) is 8.48. The summed E-state index contributed by atoms with van der Waals surface area (Å²) in [6.07, 6.45) is 4.36. The van der Waals surface area contributed by atoms with Crippen LogP contribution in [-0.4, -0.2) is 71.1 Å². The van der Waals surface area contributed by atoms with Crippen molar-refractivity contribution in [2.75, 3.05) is 6.54 Å². The quantitative estimate of drug-likeness (QED) is 0.191. The van der Waals surface area contributed by atoms with Gasteiger partial charge in [0.15, 0.2) is 5.78 Å². The molecule has 11 nitrogen and oxygen atoms in total. The normalized spacial score (nSPS) is 26.2. The summed E-state index contributed by atoms with van der Waals surface area (Å²) in [6.45, 7) is 17.8. The van der Waals surface area contributed by atoms with Crippen LogP contribution in [0, 0.1) is 45.8 Å². The monoisotopic (exact) mass is 644 g/mol. The largest absolute Gasteiger partial charge is 0.461 e. The van der Waals surface area contributed by atoms with E-state index in [4.69, 9.17) is 10.5 Å². The maximum Gasteiger partial charge on any atom is 0.328 e. The summed E-state index contributed by atoms with van der Waals surface area (Å²) < 4.78 is 5.70. The molecule has 0 radical (unpaired) electrons. The van der Waals surface area contributed by atoms with Gasteiger partial charge in [-0.3, -0.25) is 19.2 Å². The molecule has 258 valence electrons. The van der Waals surface area contributed by atoms with Crippen molar-refractivity contribution in [2.24, 2.45) is 51.6 Å². The van der Waals surface area contributed by atoms with Crippen LogP contribution in [0.15, 0.2) is 0 Å². The predicted octanol–water partition coefficient (Wildman–Crippen LogP) is 3.76. The molecule has 46 heavy (non-hydrogen) atoms. The molecule has 7 atom stereocenters. The van der Waals surface area contributed by atoms with Gasteiger partial charge in [-0.25, -0.2) is 9.59 Å². The number of likely N-dealkylation sites (tertiary alicyclic amines) is 1. The van der Waals surface area contributed by atoms with Gasteiger partial charge in [-0.05, 0) is 72.5 Å². The number of piperidine rings is 1. The summed E-state index contributed by atoms with van der Waals surface area (Å²) in [5, 5.41) is 5.62. The van der Waals surface area contributed by atoms with E-state index in [2.05, 4.69) is 24.5 Å². The van der Waals surface area contributed by atoms with Gasteiger partial charge in [-0.1, -0.05) is 68.2 Å². The molecule has 11 heteroatoms. The van der Waals surface area contributed by atoms with Crippen LogP contribution in [0.2, 0.25) is 0 Å². The molecule has 2 unspecified atom stereocenters. The first kappa shape index (κ1) is 35.9. The second-order valence-corrected chi connectivity index (χ2v) is 17.4. The predicted molar refractivity (Wildman–Crippen MR) is 172 cm³/mol. The highest BCUT2D eigenvalue weighted by Gasteiger charge is 2.69. The van der Waals surface area contributed by atoms with E-state index in [0.29, 0.717) is 31.2 Å². The minimum atomic E-state index is -1.04. The fourth-order valence-corrected chi connectivity index (χ4v) is 7.36. The minimum Gasteiger partial charge on any atom is -0.461 e. The first-order valence-electron chi connectivity index (χ1n) is 17.1. The van der Waals surface area contributed by atoms with Crippen molar-refractivity contribution in [3.63, 3.8) is 0 Å². The number of carbonyl (C=O) groups excluding carboxylic acids is 6. The number of ether oxygens (including phenoxy) is 1. The number of nitrogens with one attached hydrogen (secondary N) is 2. The van der Waals surface area contributed by atoms with Gasteiger partial charge >= 0.3 is 12.0 Å². The molecular weight excluding hydrogens is 588 g/mol. The van der Waals surface area contributed by atoms with Crippen molar-refractivity contribution >= 4 is 35.4 Å². The third-order valence-corrected chi connectivity index (χ3v) is 10.6. The Labute approximate surface area is 273 Å². The highest BCUT2D eigenvalue weighted by atomic mass is 16.5. The summed E-state index contributed by atoms with van der Waals surface area (Å²) in [5.74, 6) is -3.02. The van der Waals surface area contributed by atoms with Crippen LogP contribution in [0.3, 0.4) is 0 Å². The molecular formula is C35H56N4O7. The van der Waals surface area contributed by atoms with Gasteiger partial charge in [0.25, 0.3) is 5.91 Å². The zero-order valence-electron chi connectivity index (χ0n) is 29.2. The molecule has 4 N–H and O–H groups in total. The lowest BCUT2D eigenvalue weighted by molar-refractivity contribution is -0.152. The number of carbonyl (C=O) groups is 6. The maximum absolute atomic E-state index is 14.3. The molecule has 0 spiro atoms. The Balaban J connectivity index is 1.51. The molecule has 4 amide bonds. The summed E-state index contributed by atoms with van der Waals surface area (Å²) in [5.41, 5.74) is 4.16. The van der Waals surface area contributed by atoms with Crippen LogP contribution in [0.25, 0.3) is 0 Å². The summed E-state index contributed by atoms with van der Waals surface area (Å²) in [4.78, 5) is 81.0. The number of Topliss-reactive ketones (excluding diaryl/α,β-unsaturated/α-hetero) is 2. The Morgan fingerprint density at radius 2 is 1.57 bits per heavy atom. The molecule has 3 saturated carbocycles. The Morgan fingerprint density at radius 1 is 0.957 bits per heavy atom. The van der Waals surface area contributed by atoms with Crippen molar-refractivity contribution in [3.05, 3.63) is 0 Å². The number of primary amides is 1. The van der Waals surface area contributed by atoms with Crippen LogP contribution >= 0.6 is 0 Å². The lowest BCUT2D eigenvalue weighted by Gasteiger charge is -2.38. The lowest BCUT2D eigenvalue weighted by atomic mass is 9.84. The maximum atomic E-state index is 14.3. The molecule has 1 aliphatic heterocycles. The van der Waals surface area contributed by atoms with E-state index in [0.717, 1.165) is 25.7 Å². The topological polar surface area (TPSA) is 165 Å². The van der Waals surface area contributed by atoms with Crippen LogP contribution in [-0.2, 0) is 28.7 Å². The van der Waals surface area contributed by atoms with Gasteiger partial charge in [-0.2, -0.15) is 0 Å². The molecule has 1 saturated heterocycles. The molecule has 4 fully saturated rings. The van der Waals surface area contributed by atoms with Crippen molar-refractivity contribution in [3.8, 4) is 0 Å². The highest BCUT2D eigenvalue weighted by molar-refractivity contribution is 6.36. The Morgan fingerprint density at radius 3 is 2.07 bits per heavy atom. The van der Waals surface area contributed by atoms with E-state index < -0.39 is 53.1 Å². The number of amides is 4. The van der Waals surface area contributed by atoms with Gasteiger partial charge in [0.1, 0.15) is 18.2 Å². The van der Waals surface area contributed by atoms with Gasteiger partial charge < -0.3 is 26.0 Å². The van der Waals surface area contributed by atoms with E-state index in [1.54, 1.807) is 4.90 Å². The zero-order valence-corrected chi connectivity index (χ0v) is 29.2. The number of hydrogen-bond donors (Lipinski definition) is 3. The molecule has 4 aliphatic rings. The minimum absolute atomic E-state index is 0.0805. The summed E-state index contributed by atoms with van der Waals surface area (Å²) in [7, 11) is 0. The summed E-state index contributed by atoms with van der Waals surface area (Å²) in [6, 6.07) is -3.34. The Hall–Kier alpha value is -2.98. The van der Waals surface area contributed by atoms with Crippen molar-refractivity contribution < 1.29 is 33.5 Å². The van der Waals surface area contributed by atoms with E-state index in [-0.39, 0.29) is 46.9 Å². The third-order valence-electron chi connectivity index (χ3n) is 10.6. The Bertz CT molecular complexity index is 1240. The number of hydrogen-bond acceptors (Lipinski definition) is 7. The number of ketones is 2. The van der Waals surface area contributed by atoms with Crippen molar-refractivity contribution in [2.45, 2.75) is 131 Å². The molecule has 4 rings (SSSR count). The standard InChI is InChI=1S/C35H56N4O7/c1-18(20-12-13-20)46-31(44)23(16-33(2,3)4)37-32(45)38-28(34(5,6)7)30(43)39-17-22-25(35(22,8)9)26(39)24(40)15-21(14-19-10-11-19)27(41)29(36)42/h18-23,25-26,28H,10-17H2,1-9H3,(H2,36,42)(H2,37,38,45)/t18?,21?,22-,23-,25-,26+,28+/m0/s1. The molecule has 0 aromatic rings. The van der Waals surface area contributed by atoms with E-state index in [1.165, 1.54) is 0 Å². The molecule has 0 aromatic carbocycles. The Kier molecular flexibility index (Phi) is 10.1. The molecule has 0 aromatic heterocycles. The van der Waals surface area contributed by atoms with Crippen LogP contribution in [0.4, 0.5) is 4.79 Å². The second-order valence-electron chi connectivity index (χ2n) is 17.4. The number of esters is 1. The van der Waals surface area contributed by atoms with Gasteiger partial charge in [0.05, 0.1) is 6.04 Å². The average molecular weight is 645 g/mol. The molecule has 1 heterocycles. The average Bonchev–Trinajstić information content (AvgIpc) is 3.86. The summed E-state index contributed by atoms with van der Waals surface area (Å²) >= 11 is 0. The van der Waals surface area contributed by atoms with Gasteiger partial charge in [-0.15, -0.1) is 0 Å². The number of fused-ring (bicyclic) bond motifs is 1. The van der Waals surface area contributed by atoms with E-state index in [1.807, 2.05) is 48.5 Å². The van der Waals surface area contributed by atoms with Crippen molar-refractivity contribution in [1.29, 1.82) is 0 Å². The number of nitrogens with zero attached hydrogens (tertiary/aromatic N) is 1. The first-order valence-corrected chi connectivity index (χ1v) is 17.1. The van der Waals surface area contributed by atoms with Gasteiger partial charge in [0.2, 0.25) is 11.7 Å². The number of nitrogens with two attached hydrogens (primary N) is 1. The SMILES string of the molecule is CC(OC(=O)[C@H](CC(C)(C)C)NC(=O)N[C@H](C(=O)N1C[C@H]2[C@@H]([C@H]1C(=O)CC(CC1CC1)C(=O)C(N)=O)C2(C)C)C(C)(C)C)C1CC1. The zero-order chi connectivity index (χ0) is 34.5. The fourth-order valence-electron chi connectivity index (χ4n) is 7.36. The fraction of sp³-hybridized carbons (Fsp3) is 0.829.